The summed E-state index contributed by atoms with van der Waals surface area (Å²) in [7, 11) is 5.67. The van der Waals surface area contributed by atoms with Gasteiger partial charge in [0.2, 0.25) is 0 Å². The maximum atomic E-state index is 4.14. The Labute approximate surface area is 99.3 Å². The zero-order valence-electron chi connectivity index (χ0n) is 9.29. The van der Waals surface area contributed by atoms with Gasteiger partial charge in [-0.15, -0.1) is 0 Å². The van der Waals surface area contributed by atoms with Crippen molar-refractivity contribution in [2.24, 2.45) is 4.99 Å². The molecule has 1 rings (SSSR count). The number of benzene rings is 1. The van der Waals surface area contributed by atoms with Crippen LogP contribution >= 0.6 is 15.9 Å². The minimum absolute atomic E-state index is 0.848. The Bertz CT molecular complexity index is 332. The predicted molar refractivity (Wildman–Crippen MR) is 68.0 cm³/mol. The van der Waals surface area contributed by atoms with E-state index in [9.17, 15) is 0 Å². The first-order chi connectivity index (χ1) is 7.17. The van der Waals surface area contributed by atoms with Gasteiger partial charge >= 0.3 is 0 Å². The first kappa shape index (κ1) is 12.0. The van der Waals surface area contributed by atoms with Crippen LogP contribution < -0.4 is 5.32 Å². The number of aliphatic imine (C=N–C) groups is 1. The van der Waals surface area contributed by atoms with Crippen LogP contribution in [-0.4, -0.2) is 32.0 Å². The van der Waals surface area contributed by atoms with Gasteiger partial charge in [0.15, 0.2) is 5.96 Å². The summed E-state index contributed by atoms with van der Waals surface area (Å²) in [5.74, 6) is 0.887. The van der Waals surface area contributed by atoms with Gasteiger partial charge in [0.25, 0.3) is 0 Å². The van der Waals surface area contributed by atoms with Gasteiger partial charge in [0.05, 0.1) is 0 Å². The van der Waals surface area contributed by atoms with Gasteiger partial charge in [0, 0.05) is 32.2 Å². The van der Waals surface area contributed by atoms with Gasteiger partial charge in [0.1, 0.15) is 0 Å². The van der Waals surface area contributed by atoms with Crippen molar-refractivity contribution in [1.82, 2.24) is 10.2 Å². The molecule has 0 atom stereocenters. The molecule has 0 fully saturated rings. The molecule has 0 aromatic heterocycles. The van der Waals surface area contributed by atoms with Gasteiger partial charge in [-0.2, -0.15) is 0 Å². The molecule has 1 aromatic rings. The summed E-state index contributed by atoms with van der Waals surface area (Å²) in [5, 5.41) is 3.05. The zero-order chi connectivity index (χ0) is 11.3. The van der Waals surface area contributed by atoms with Crippen LogP contribution in [0.1, 0.15) is 5.56 Å². The lowest BCUT2D eigenvalue weighted by Gasteiger charge is -2.20. The largest absolute Gasteiger partial charge is 0.359 e. The second kappa shape index (κ2) is 5.75. The number of guanidine groups is 1. The van der Waals surface area contributed by atoms with E-state index in [1.165, 1.54) is 5.56 Å². The second-order valence-electron chi connectivity index (χ2n) is 3.28. The van der Waals surface area contributed by atoms with E-state index in [0.717, 1.165) is 17.0 Å². The normalized spacial score (nSPS) is 11.3. The summed E-state index contributed by atoms with van der Waals surface area (Å²) >= 11 is 3.42. The molecule has 4 heteroatoms. The fraction of sp³-hybridized carbons (Fsp3) is 0.364. The molecule has 0 unspecified atom stereocenters. The summed E-state index contributed by atoms with van der Waals surface area (Å²) in [6.45, 7) is 0.848. The molecule has 0 radical (unpaired) electrons. The number of hydrogen-bond acceptors (Lipinski definition) is 1. The van der Waals surface area contributed by atoms with E-state index in [2.05, 4.69) is 43.3 Å². The van der Waals surface area contributed by atoms with Crippen molar-refractivity contribution in [3.05, 3.63) is 34.3 Å². The van der Waals surface area contributed by atoms with Gasteiger partial charge < -0.3 is 10.2 Å². The molecule has 0 aliphatic rings. The number of rotatable bonds is 2. The molecule has 0 saturated heterocycles. The number of nitrogens with zero attached hydrogens (tertiary/aromatic N) is 2. The van der Waals surface area contributed by atoms with Gasteiger partial charge in [-0.3, -0.25) is 4.99 Å². The maximum Gasteiger partial charge on any atom is 0.193 e. The van der Waals surface area contributed by atoms with Crippen molar-refractivity contribution in [3.8, 4) is 0 Å². The third-order valence-electron chi connectivity index (χ3n) is 2.13. The fourth-order valence-corrected chi connectivity index (χ4v) is 1.68. The lowest BCUT2D eigenvalue weighted by Crippen LogP contribution is -2.36. The molecule has 15 heavy (non-hydrogen) atoms. The minimum Gasteiger partial charge on any atom is -0.359 e. The zero-order valence-corrected chi connectivity index (χ0v) is 10.9. The lowest BCUT2D eigenvalue weighted by molar-refractivity contribution is 0.483. The van der Waals surface area contributed by atoms with E-state index in [0.29, 0.717) is 0 Å². The minimum atomic E-state index is 0.848. The van der Waals surface area contributed by atoms with Crippen molar-refractivity contribution in [2.45, 2.75) is 6.54 Å². The van der Waals surface area contributed by atoms with E-state index >= 15 is 0 Å². The van der Waals surface area contributed by atoms with Crippen LogP contribution in [0, 0.1) is 0 Å². The van der Waals surface area contributed by atoms with E-state index < -0.39 is 0 Å². The number of hydrogen-bond donors (Lipinski definition) is 1. The van der Waals surface area contributed by atoms with Crippen LogP contribution in [0.2, 0.25) is 0 Å². The van der Waals surface area contributed by atoms with E-state index in [1.54, 1.807) is 7.05 Å². The highest BCUT2D eigenvalue weighted by Crippen LogP contribution is 2.11. The summed E-state index contributed by atoms with van der Waals surface area (Å²) in [6.07, 6.45) is 0. The molecular weight excluding hydrogens is 254 g/mol. The van der Waals surface area contributed by atoms with E-state index in [4.69, 9.17) is 0 Å². The number of nitrogens with one attached hydrogen (secondary N) is 1. The maximum absolute atomic E-state index is 4.14. The molecule has 0 aliphatic heterocycles. The highest BCUT2D eigenvalue weighted by molar-refractivity contribution is 9.10. The highest BCUT2D eigenvalue weighted by atomic mass is 79.9. The molecule has 0 heterocycles. The Morgan fingerprint density at radius 1 is 1.40 bits per heavy atom. The molecule has 82 valence electrons. The summed E-state index contributed by atoms with van der Waals surface area (Å²) in [6, 6.07) is 8.30. The third-order valence-corrected chi connectivity index (χ3v) is 2.66. The second-order valence-corrected chi connectivity index (χ2v) is 4.20. The molecule has 0 amide bonds. The van der Waals surface area contributed by atoms with Crippen LogP contribution in [0.25, 0.3) is 0 Å². The molecule has 0 saturated carbocycles. The molecule has 0 spiro atoms. The number of halogens is 1. The Morgan fingerprint density at radius 3 is 2.47 bits per heavy atom. The molecule has 0 aliphatic carbocycles. The SMILES string of the molecule is CN=C(NC)N(C)Cc1ccc(Br)cc1. The predicted octanol–water partition coefficient (Wildman–Crippen LogP) is 2.09. The molecule has 1 N–H and O–H groups in total. The van der Waals surface area contributed by atoms with Crippen molar-refractivity contribution in [2.75, 3.05) is 21.1 Å². The van der Waals surface area contributed by atoms with Crippen molar-refractivity contribution < 1.29 is 0 Å². The molecule has 0 bridgehead atoms. The first-order valence-corrected chi connectivity index (χ1v) is 5.56. The monoisotopic (exact) mass is 269 g/mol. The third kappa shape index (κ3) is 3.55. The van der Waals surface area contributed by atoms with Crippen LogP contribution in [0.3, 0.4) is 0 Å². The van der Waals surface area contributed by atoms with Crippen molar-refractivity contribution >= 4 is 21.9 Å². The van der Waals surface area contributed by atoms with Gasteiger partial charge in [-0.1, -0.05) is 28.1 Å². The lowest BCUT2D eigenvalue weighted by atomic mass is 10.2. The Balaban J connectivity index is 2.65. The van der Waals surface area contributed by atoms with Gasteiger partial charge in [-0.25, -0.2) is 0 Å². The van der Waals surface area contributed by atoms with Crippen LogP contribution in [0.4, 0.5) is 0 Å². The summed E-state index contributed by atoms with van der Waals surface area (Å²) in [4.78, 5) is 6.22. The van der Waals surface area contributed by atoms with E-state index in [-0.39, 0.29) is 0 Å². The Hall–Kier alpha value is -1.03. The van der Waals surface area contributed by atoms with E-state index in [1.807, 2.05) is 26.2 Å². The molecular formula is C11H16BrN3. The molecule has 1 aromatic carbocycles. The van der Waals surface area contributed by atoms with Crippen LogP contribution in [0.15, 0.2) is 33.7 Å². The topological polar surface area (TPSA) is 27.6 Å². The van der Waals surface area contributed by atoms with Crippen molar-refractivity contribution in [1.29, 1.82) is 0 Å². The summed E-state index contributed by atoms with van der Waals surface area (Å²) in [5.41, 5.74) is 1.26. The van der Waals surface area contributed by atoms with Crippen LogP contribution in [0.5, 0.6) is 0 Å². The highest BCUT2D eigenvalue weighted by Gasteiger charge is 2.03. The Kier molecular flexibility index (Phi) is 4.62. The average molecular weight is 270 g/mol. The molecule has 3 nitrogen and oxygen atoms in total. The Morgan fingerprint density at radius 2 is 2.00 bits per heavy atom. The first-order valence-electron chi connectivity index (χ1n) is 4.77. The van der Waals surface area contributed by atoms with Crippen molar-refractivity contribution in [3.63, 3.8) is 0 Å². The van der Waals surface area contributed by atoms with Gasteiger partial charge in [-0.05, 0) is 17.7 Å². The quantitative estimate of drug-likeness (QED) is 0.658. The fourth-order valence-electron chi connectivity index (χ4n) is 1.41. The smallest absolute Gasteiger partial charge is 0.193 e. The summed E-state index contributed by atoms with van der Waals surface area (Å²) < 4.78 is 1.10. The average Bonchev–Trinajstić information content (AvgIpc) is 2.23. The standard InChI is InChI=1S/C11H16BrN3/c1-13-11(14-2)15(3)8-9-4-6-10(12)7-5-9/h4-7H,8H2,1-3H3,(H,13,14). The van der Waals surface area contributed by atoms with Crippen LogP contribution in [-0.2, 0) is 6.54 Å².